The lowest BCUT2D eigenvalue weighted by molar-refractivity contribution is -0.131. The van der Waals surface area contributed by atoms with Gasteiger partial charge in [-0.1, -0.05) is 5.16 Å². The predicted octanol–water partition coefficient (Wildman–Crippen LogP) is 2.25. The number of carbonyl (C=O) groups is 2. The summed E-state index contributed by atoms with van der Waals surface area (Å²) < 4.78 is 16.4. The molecule has 3 heterocycles. The van der Waals surface area contributed by atoms with Crippen LogP contribution in [0.2, 0.25) is 0 Å². The fourth-order valence-electron chi connectivity index (χ4n) is 3.39. The van der Waals surface area contributed by atoms with Crippen LogP contribution in [-0.4, -0.2) is 54.7 Å². The predicted molar refractivity (Wildman–Crippen MR) is 100 cm³/mol. The molecule has 8 nitrogen and oxygen atoms in total. The van der Waals surface area contributed by atoms with Gasteiger partial charge >= 0.3 is 0 Å². The lowest BCUT2D eigenvalue weighted by Crippen LogP contribution is -2.37. The van der Waals surface area contributed by atoms with E-state index in [9.17, 15) is 9.59 Å². The number of fused-ring (bicyclic) bond motifs is 1. The number of likely N-dealkylation sites (tertiary alicyclic amines) is 1. The molecule has 2 aromatic rings. The zero-order chi connectivity index (χ0) is 19.3. The van der Waals surface area contributed by atoms with E-state index < -0.39 is 0 Å². The highest BCUT2D eigenvalue weighted by Gasteiger charge is 2.19. The van der Waals surface area contributed by atoms with E-state index in [-0.39, 0.29) is 24.1 Å². The molecule has 8 heteroatoms. The first kappa shape index (κ1) is 18.3. The molecule has 0 atom stereocenters. The van der Waals surface area contributed by atoms with E-state index in [4.69, 9.17) is 14.0 Å². The van der Waals surface area contributed by atoms with Crippen LogP contribution in [0.25, 0.3) is 11.3 Å². The molecule has 0 saturated carbocycles. The largest absolute Gasteiger partial charge is 0.486 e. The molecule has 2 amide bonds. The standard InChI is InChI=1S/C20H23N3O5/c24-19(23-8-2-1-3-9-23)6-7-21-20(25)15-13-17(28-22-15)14-4-5-16-18(12-14)27-11-10-26-16/h4-5,12-13H,1-3,6-11H2,(H,21,25). The monoisotopic (exact) mass is 385 g/mol. The third-order valence-corrected chi connectivity index (χ3v) is 4.90. The molecule has 1 aromatic heterocycles. The van der Waals surface area contributed by atoms with Gasteiger partial charge in [0, 0.05) is 37.7 Å². The highest BCUT2D eigenvalue weighted by Crippen LogP contribution is 2.34. The van der Waals surface area contributed by atoms with Crippen LogP contribution in [-0.2, 0) is 4.79 Å². The smallest absolute Gasteiger partial charge is 0.273 e. The summed E-state index contributed by atoms with van der Waals surface area (Å²) in [5.41, 5.74) is 0.923. The number of piperidine rings is 1. The van der Waals surface area contributed by atoms with E-state index in [1.165, 1.54) is 6.42 Å². The van der Waals surface area contributed by atoms with Gasteiger partial charge in [-0.25, -0.2) is 0 Å². The lowest BCUT2D eigenvalue weighted by Gasteiger charge is -2.26. The third-order valence-electron chi connectivity index (χ3n) is 4.90. The van der Waals surface area contributed by atoms with E-state index in [0.717, 1.165) is 31.5 Å². The van der Waals surface area contributed by atoms with Gasteiger partial charge in [-0.3, -0.25) is 9.59 Å². The zero-order valence-electron chi connectivity index (χ0n) is 15.6. The van der Waals surface area contributed by atoms with Gasteiger partial charge in [0.15, 0.2) is 23.0 Å². The molecule has 0 bridgehead atoms. The minimum Gasteiger partial charge on any atom is -0.486 e. The van der Waals surface area contributed by atoms with Gasteiger partial charge in [0.2, 0.25) is 5.91 Å². The molecule has 2 aliphatic rings. The Kier molecular flexibility index (Phi) is 5.45. The van der Waals surface area contributed by atoms with Crippen molar-refractivity contribution in [2.45, 2.75) is 25.7 Å². The van der Waals surface area contributed by atoms with Crippen molar-refractivity contribution in [3.8, 4) is 22.8 Å². The Balaban J connectivity index is 1.32. The SMILES string of the molecule is O=C(NCCC(=O)N1CCCCC1)c1cc(-c2ccc3c(c2)OCCO3)on1. The summed E-state index contributed by atoms with van der Waals surface area (Å²) in [6.07, 6.45) is 3.58. The Labute approximate surface area is 162 Å². The average molecular weight is 385 g/mol. The van der Waals surface area contributed by atoms with Crippen molar-refractivity contribution in [2.24, 2.45) is 0 Å². The highest BCUT2D eigenvalue weighted by atomic mass is 16.6. The molecule has 28 heavy (non-hydrogen) atoms. The number of benzene rings is 1. The fourth-order valence-corrected chi connectivity index (χ4v) is 3.39. The number of hydrogen-bond acceptors (Lipinski definition) is 6. The second-order valence-electron chi connectivity index (χ2n) is 6.88. The maximum absolute atomic E-state index is 12.3. The van der Waals surface area contributed by atoms with Crippen LogP contribution in [0.1, 0.15) is 36.2 Å². The number of nitrogens with zero attached hydrogens (tertiary/aromatic N) is 2. The molecule has 1 saturated heterocycles. The van der Waals surface area contributed by atoms with Crippen molar-refractivity contribution in [2.75, 3.05) is 32.8 Å². The van der Waals surface area contributed by atoms with E-state index in [2.05, 4.69) is 10.5 Å². The number of nitrogens with one attached hydrogen (secondary N) is 1. The molecule has 0 aliphatic carbocycles. The fraction of sp³-hybridized carbons (Fsp3) is 0.450. The van der Waals surface area contributed by atoms with Crippen LogP contribution in [0.4, 0.5) is 0 Å². The van der Waals surface area contributed by atoms with Crippen molar-refractivity contribution >= 4 is 11.8 Å². The normalized spacial score (nSPS) is 15.9. The molecular weight excluding hydrogens is 362 g/mol. The van der Waals surface area contributed by atoms with Gasteiger partial charge in [-0.15, -0.1) is 0 Å². The van der Waals surface area contributed by atoms with Crippen molar-refractivity contribution in [3.63, 3.8) is 0 Å². The average Bonchev–Trinajstić information content (AvgIpc) is 3.24. The Hall–Kier alpha value is -3.03. The number of amides is 2. The minimum atomic E-state index is -0.362. The summed E-state index contributed by atoms with van der Waals surface area (Å²) >= 11 is 0. The maximum atomic E-state index is 12.3. The van der Waals surface area contributed by atoms with E-state index >= 15 is 0 Å². The third kappa shape index (κ3) is 4.11. The number of ether oxygens (including phenoxy) is 2. The van der Waals surface area contributed by atoms with Crippen molar-refractivity contribution in [3.05, 3.63) is 30.0 Å². The van der Waals surface area contributed by atoms with Crippen LogP contribution >= 0.6 is 0 Å². The van der Waals surface area contributed by atoms with Crippen molar-refractivity contribution in [1.82, 2.24) is 15.4 Å². The van der Waals surface area contributed by atoms with Gasteiger partial charge in [-0.2, -0.15) is 0 Å². The number of carbonyl (C=O) groups excluding carboxylic acids is 2. The van der Waals surface area contributed by atoms with E-state index in [0.29, 0.717) is 36.9 Å². The number of aromatic nitrogens is 1. The first-order chi connectivity index (χ1) is 13.7. The Morgan fingerprint density at radius 2 is 1.82 bits per heavy atom. The Bertz CT molecular complexity index is 857. The zero-order valence-corrected chi connectivity index (χ0v) is 15.6. The second-order valence-corrected chi connectivity index (χ2v) is 6.88. The summed E-state index contributed by atoms with van der Waals surface area (Å²) in [4.78, 5) is 26.3. The summed E-state index contributed by atoms with van der Waals surface area (Å²) in [7, 11) is 0. The molecule has 2 aliphatic heterocycles. The Morgan fingerprint density at radius 1 is 1.04 bits per heavy atom. The minimum absolute atomic E-state index is 0.0807. The van der Waals surface area contributed by atoms with Crippen molar-refractivity contribution in [1.29, 1.82) is 0 Å². The van der Waals surface area contributed by atoms with Crippen LogP contribution in [0.5, 0.6) is 11.5 Å². The van der Waals surface area contributed by atoms with Crippen LogP contribution in [0.3, 0.4) is 0 Å². The summed E-state index contributed by atoms with van der Waals surface area (Å²) in [5, 5.41) is 6.57. The van der Waals surface area contributed by atoms with Crippen LogP contribution in [0, 0.1) is 0 Å². The summed E-state index contributed by atoms with van der Waals surface area (Å²) in [6.45, 7) is 2.93. The summed E-state index contributed by atoms with van der Waals surface area (Å²) in [6, 6.07) is 7.01. The molecule has 0 unspecified atom stereocenters. The molecular formula is C20H23N3O5. The molecule has 0 spiro atoms. The quantitative estimate of drug-likeness (QED) is 0.848. The number of rotatable bonds is 5. The highest BCUT2D eigenvalue weighted by molar-refractivity contribution is 5.93. The Morgan fingerprint density at radius 3 is 2.64 bits per heavy atom. The van der Waals surface area contributed by atoms with E-state index in [1.54, 1.807) is 18.2 Å². The van der Waals surface area contributed by atoms with Gasteiger partial charge in [0.1, 0.15) is 13.2 Å². The van der Waals surface area contributed by atoms with Gasteiger partial charge in [0.25, 0.3) is 5.91 Å². The van der Waals surface area contributed by atoms with Crippen LogP contribution in [0.15, 0.2) is 28.8 Å². The molecule has 1 N–H and O–H groups in total. The first-order valence-corrected chi connectivity index (χ1v) is 9.63. The molecule has 1 fully saturated rings. The lowest BCUT2D eigenvalue weighted by atomic mass is 10.1. The molecule has 1 aromatic carbocycles. The van der Waals surface area contributed by atoms with Gasteiger partial charge in [0.05, 0.1) is 0 Å². The second kappa shape index (κ2) is 8.33. The van der Waals surface area contributed by atoms with Gasteiger partial charge < -0.3 is 24.2 Å². The molecule has 4 rings (SSSR count). The first-order valence-electron chi connectivity index (χ1n) is 9.63. The van der Waals surface area contributed by atoms with Gasteiger partial charge in [-0.05, 0) is 37.5 Å². The molecule has 0 radical (unpaired) electrons. The van der Waals surface area contributed by atoms with Crippen molar-refractivity contribution < 1.29 is 23.6 Å². The summed E-state index contributed by atoms with van der Waals surface area (Å²) in [5.74, 6) is 1.51. The molecule has 148 valence electrons. The van der Waals surface area contributed by atoms with E-state index in [1.807, 2.05) is 11.0 Å². The number of hydrogen-bond donors (Lipinski definition) is 1. The topological polar surface area (TPSA) is 93.9 Å². The van der Waals surface area contributed by atoms with Crippen LogP contribution < -0.4 is 14.8 Å². The maximum Gasteiger partial charge on any atom is 0.273 e.